The Morgan fingerprint density at radius 3 is 2.87 bits per heavy atom. The van der Waals surface area contributed by atoms with Gasteiger partial charge in [0.2, 0.25) is 0 Å². The summed E-state index contributed by atoms with van der Waals surface area (Å²) in [7, 11) is 0. The van der Waals surface area contributed by atoms with Gasteiger partial charge in [0.1, 0.15) is 0 Å². The molecular weight excluding hydrogens is 180 g/mol. The normalized spacial score (nSPS) is 32.4. The Bertz CT molecular complexity index is 293. The van der Waals surface area contributed by atoms with E-state index in [2.05, 4.69) is 46.4 Å². The van der Waals surface area contributed by atoms with E-state index in [1.54, 1.807) is 5.57 Å². The van der Waals surface area contributed by atoms with Crippen LogP contribution in [-0.2, 0) is 0 Å². The van der Waals surface area contributed by atoms with E-state index in [4.69, 9.17) is 0 Å². The molecule has 0 saturated heterocycles. The van der Waals surface area contributed by atoms with Crippen LogP contribution in [0.4, 0.5) is 0 Å². The first kappa shape index (κ1) is 12.3. The smallest absolute Gasteiger partial charge is 0.00588 e. The third-order valence-corrected chi connectivity index (χ3v) is 4.21. The summed E-state index contributed by atoms with van der Waals surface area (Å²) in [4.78, 5) is 0. The Labute approximate surface area is 94.8 Å². The maximum atomic E-state index is 3.80. The van der Waals surface area contributed by atoms with Crippen LogP contribution in [-0.4, -0.2) is 0 Å². The highest BCUT2D eigenvalue weighted by atomic mass is 14.4. The Morgan fingerprint density at radius 2 is 2.33 bits per heavy atom. The van der Waals surface area contributed by atoms with E-state index in [1.807, 2.05) is 6.08 Å². The molecule has 0 heterocycles. The van der Waals surface area contributed by atoms with Gasteiger partial charge in [0.15, 0.2) is 0 Å². The van der Waals surface area contributed by atoms with Crippen LogP contribution in [0.1, 0.15) is 47.0 Å². The van der Waals surface area contributed by atoms with E-state index in [1.165, 1.54) is 18.4 Å². The molecule has 0 bridgehead atoms. The van der Waals surface area contributed by atoms with Crippen LogP contribution in [0.25, 0.3) is 0 Å². The van der Waals surface area contributed by atoms with E-state index in [9.17, 15) is 0 Å². The summed E-state index contributed by atoms with van der Waals surface area (Å²) in [5.74, 6) is 0.788. The fourth-order valence-corrected chi connectivity index (χ4v) is 2.31. The first-order valence-electron chi connectivity index (χ1n) is 5.97. The first-order chi connectivity index (χ1) is 7.00. The molecule has 0 saturated carbocycles. The van der Waals surface area contributed by atoms with Crippen LogP contribution in [0.5, 0.6) is 0 Å². The Balaban J connectivity index is 2.84. The van der Waals surface area contributed by atoms with Crippen molar-refractivity contribution in [3.05, 3.63) is 36.0 Å². The molecule has 0 unspecified atom stereocenters. The second kappa shape index (κ2) is 4.83. The topological polar surface area (TPSA) is 0 Å². The molecule has 84 valence electrons. The van der Waals surface area contributed by atoms with Crippen LogP contribution in [0.2, 0.25) is 0 Å². The van der Waals surface area contributed by atoms with Crippen molar-refractivity contribution >= 4 is 0 Å². The minimum absolute atomic E-state index is 0.364. The molecule has 2 atom stereocenters. The highest BCUT2D eigenvalue weighted by Gasteiger charge is 2.33. The van der Waals surface area contributed by atoms with Crippen LogP contribution >= 0.6 is 0 Å². The van der Waals surface area contributed by atoms with Crippen molar-refractivity contribution in [3.63, 3.8) is 0 Å². The van der Waals surface area contributed by atoms with Crippen LogP contribution in [0.15, 0.2) is 36.0 Å². The van der Waals surface area contributed by atoms with Gasteiger partial charge in [-0.15, -0.1) is 0 Å². The third kappa shape index (κ3) is 2.62. The molecule has 0 nitrogen and oxygen atoms in total. The lowest BCUT2D eigenvalue weighted by molar-refractivity contribution is 0.231. The minimum atomic E-state index is 0.364. The van der Waals surface area contributed by atoms with Crippen molar-refractivity contribution in [2.24, 2.45) is 11.3 Å². The van der Waals surface area contributed by atoms with Crippen molar-refractivity contribution in [1.29, 1.82) is 0 Å². The van der Waals surface area contributed by atoms with Gasteiger partial charge in [0.25, 0.3) is 0 Å². The van der Waals surface area contributed by atoms with Crippen molar-refractivity contribution < 1.29 is 0 Å². The summed E-state index contributed by atoms with van der Waals surface area (Å²) in [5.41, 5.74) is 3.22. The zero-order valence-corrected chi connectivity index (χ0v) is 10.6. The fourth-order valence-electron chi connectivity index (χ4n) is 2.31. The zero-order valence-electron chi connectivity index (χ0n) is 10.6. The van der Waals surface area contributed by atoms with E-state index in [-0.39, 0.29) is 0 Å². The molecule has 0 aromatic rings. The van der Waals surface area contributed by atoms with Gasteiger partial charge < -0.3 is 0 Å². The predicted molar refractivity (Wildman–Crippen MR) is 68.8 cm³/mol. The van der Waals surface area contributed by atoms with Crippen molar-refractivity contribution in [1.82, 2.24) is 0 Å². The van der Waals surface area contributed by atoms with E-state index < -0.39 is 0 Å². The van der Waals surface area contributed by atoms with Crippen LogP contribution in [0.3, 0.4) is 0 Å². The molecule has 1 aliphatic carbocycles. The van der Waals surface area contributed by atoms with Gasteiger partial charge in [-0.3, -0.25) is 0 Å². The maximum Gasteiger partial charge on any atom is -0.00588 e. The number of rotatable bonds is 3. The van der Waals surface area contributed by atoms with Gasteiger partial charge in [-0.1, -0.05) is 49.8 Å². The predicted octanol–water partition coefficient (Wildman–Crippen LogP) is 4.89. The lowest BCUT2D eigenvalue weighted by atomic mass is 9.65. The van der Waals surface area contributed by atoms with E-state index in [0.29, 0.717) is 5.41 Å². The molecule has 0 spiro atoms. The van der Waals surface area contributed by atoms with E-state index >= 15 is 0 Å². The molecule has 0 radical (unpaired) electrons. The standard InChI is InChI=1S/C15H24/c1-6-12(2)10-11-15(5)13(3)8-7-9-14(15)4/h6,8,10,14H,1,7,9,11H2,2-5H3/b12-10+/t14-,15-/m1/s1. The summed E-state index contributed by atoms with van der Waals surface area (Å²) >= 11 is 0. The maximum absolute atomic E-state index is 3.80. The molecule has 0 aliphatic heterocycles. The number of hydrogen-bond acceptors (Lipinski definition) is 0. The second-order valence-corrected chi connectivity index (χ2v) is 5.14. The molecular formula is C15H24. The summed E-state index contributed by atoms with van der Waals surface area (Å²) in [6.45, 7) is 13.0. The molecule has 1 aliphatic rings. The molecule has 15 heavy (non-hydrogen) atoms. The fraction of sp³-hybridized carbons (Fsp3) is 0.600. The monoisotopic (exact) mass is 204 g/mol. The molecule has 0 N–H and O–H groups in total. The van der Waals surface area contributed by atoms with Crippen LogP contribution < -0.4 is 0 Å². The zero-order chi connectivity index (χ0) is 11.5. The average molecular weight is 204 g/mol. The molecule has 0 heteroatoms. The highest BCUT2D eigenvalue weighted by Crippen LogP contribution is 2.44. The summed E-state index contributed by atoms with van der Waals surface area (Å²) in [6, 6.07) is 0. The van der Waals surface area contributed by atoms with Gasteiger partial charge in [-0.2, -0.15) is 0 Å². The highest BCUT2D eigenvalue weighted by molar-refractivity contribution is 5.20. The van der Waals surface area contributed by atoms with Crippen molar-refractivity contribution in [2.75, 3.05) is 0 Å². The molecule has 0 fully saturated rings. The SMILES string of the molecule is C=C/C(C)=C/C[C@]1(C)C(C)=CCC[C@H]1C. The van der Waals surface area contributed by atoms with E-state index in [0.717, 1.165) is 12.3 Å². The number of allylic oxidation sites excluding steroid dienone is 5. The van der Waals surface area contributed by atoms with Gasteiger partial charge in [-0.25, -0.2) is 0 Å². The Morgan fingerprint density at radius 1 is 1.67 bits per heavy atom. The van der Waals surface area contributed by atoms with Gasteiger partial charge in [0.05, 0.1) is 0 Å². The second-order valence-electron chi connectivity index (χ2n) is 5.14. The summed E-state index contributed by atoms with van der Waals surface area (Å²) < 4.78 is 0. The minimum Gasteiger partial charge on any atom is -0.0988 e. The summed E-state index contributed by atoms with van der Waals surface area (Å²) in [6.07, 6.45) is 10.4. The Hall–Kier alpha value is -0.780. The Kier molecular flexibility index (Phi) is 3.96. The molecule has 1 rings (SSSR count). The largest absolute Gasteiger partial charge is 0.0988 e. The van der Waals surface area contributed by atoms with Gasteiger partial charge in [-0.05, 0) is 44.4 Å². The molecule has 0 aromatic carbocycles. The average Bonchev–Trinajstić information content (AvgIpc) is 2.23. The molecule has 0 amide bonds. The van der Waals surface area contributed by atoms with Crippen LogP contribution in [0, 0.1) is 11.3 Å². The molecule has 0 aromatic heterocycles. The lowest BCUT2D eigenvalue weighted by Gasteiger charge is -2.39. The quantitative estimate of drug-likeness (QED) is 0.453. The summed E-state index contributed by atoms with van der Waals surface area (Å²) in [5, 5.41) is 0. The lowest BCUT2D eigenvalue weighted by Crippen LogP contribution is -2.28. The third-order valence-electron chi connectivity index (χ3n) is 4.21. The first-order valence-corrected chi connectivity index (χ1v) is 5.97. The number of hydrogen-bond donors (Lipinski definition) is 0. The van der Waals surface area contributed by atoms with Crippen molar-refractivity contribution in [2.45, 2.75) is 47.0 Å². The van der Waals surface area contributed by atoms with Crippen molar-refractivity contribution in [3.8, 4) is 0 Å². The van der Waals surface area contributed by atoms with Gasteiger partial charge in [0, 0.05) is 0 Å². The van der Waals surface area contributed by atoms with Gasteiger partial charge >= 0.3 is 0 Å².